The third-order valence-electron chi connectivity index (χ3n) is 3.58. The van der Waals surface area contributed by atoms with Crippen LogP contribution in [0.1, 0.15) is 18.4 Å². The summed E-state index contributed by atoms with van der Waals surface area (Å²) in [5.74, 6) is 0.669. The van der Waals surface area contributed by atoms with Gasteiger partial charge in [-0.25, -0.2) is 4.98 Å². The zero-order chi connectivity index (χ0) is 12.5. The fourth-order valence-electron chi connectivity index (χ4n) is 2.56. The lowest BCUT2D eigenvalue weighted by atomic mass is 10.0. The smallest absolute Gasteiger partial charge is 0.224 e. The second kappa shape index (κ2) is 4.86. The molecule has 1 aliphatic heterocycles. The molecule has 96 valence electrons. The molecule has 0 unspecified atom stereocenters. The van der Waals surface area contributed by atoms with Gasteiger partial charge in [-0.2, -0.15) is 4.98 Å². The van der Waals surface area contributed by atoms with E-state index in [-0.39, 0.29) is 0 Å². The van der Waals surface area contributed by atoms with Crippen molar-refractivity contribution in [2.75, 3.05) is 13.2 Å². The first kappa shape index (κ1) is 11.9. The van der Waals surface area contributed by atoms with Crippen LogP contribution in [0.5, 0.6) is 0 Å². The van der Waals surface area contributed by atoms with Gasteiger partial charge in [-0.05, 0) is 42.8 Å². The third-order valence-corrected chi connectivity index (χ3v) is 3.76. The number of ether oxygens (including phenoxy) is 1. The second-order valence-corrected chi connectivity index (χ2v) is 5.23. The number of hydrogen-bond acceptors (Lipinski definition) is 3. The summed E-state index contributed by atoms with van der Waals surface area (Å²) in [6, 6.07) is 0. The molecule has 0 aliphatic carbocycles. The van der Waals surface area contributed by atoms with Crippen LogP contribution in [0, 0.1) is 12.8 Å². The van der Waals surface area contributed by atoms with E-state index < -0.39 is 0 Å². The molecule has 4 nitrogen and oxygen atoms in total. The first-order valence-corrected chi connectivity index (χ1v) is 6.67. The summed E-state index contributed by atoms with van der Waals surface area (Å²) in [7, 11) is 0. The highest BCUT2D eigenvalue weighted by molar-refractivity contribution is 6.28. The summed E-state index contributed by atoms with van der Waals surface area (Å²) in [6.45, 7) is 4.82. The molecule has 0 atom stereocenters. The molecule has 0 N–H and O–H groups in total. The predicted molar refractivity (Wildman–Crippen MR) is 70.8 cm³/mol. The number of aryl methyl sites for hydroxylation is 1. The van der Waals surface area contributed by atoms with Gasteiger partial charge in [-0.1, -0.05) is 0 Å². The molecule has 0 amide bonds. The summed E-state index contributed by atoms with van der Waals surface area (Å²) in [6.07, 6.45) is 6.20. The van der Waals surface area contributed by atoms with Gasteiger partial charge in [0, 0.05) is 37.5 Å². The van der Waals surface area contributed by atoms with Gasteiger partial charge in [-0.3, -0.25) is 0 Å². The molecule has 3 rings (SSSR count). The standard InChI is InChI=1S/C13H16ClN3O/c1-9-7-17(8-10-2-4-18-5-3-10)12-11(9)6-15-13(14)16-12/h6-7,10H,2-5,8H2,1H3. The van der Waals surface area contributed by atoms with Gasteiger partial charge in [-0.15, -0.1) is 0 Å². The molecule has 5 heteroatoms. The minimum Gasteiger partial charge on any atom is -0.381 e. The van der Waals surface area contributed by atoms with E-state index in [9.17, 15) is 0 Å². The molecule has 0 aromatic carbocycles. The van der Waals surface area contributed by atoms with Crippen molar-refractivity contribution in [3.05, 3.63) is 23.2 Å². The molecular weight excluding hydrogens is 250 g/mol. The maximum absolute atomic E-state index is 5.89. The van der Waals surface area contributed by atoms with E-state index in [2.05, 4.69) is 27.7 Å². The summed E-state index contributed by atoms with van der Waals surface area (Å²) in [5.41, 5.74) is 2.15. The normalized spacial score (nSPS) is 17.4. The summed E-state index contributed by atoms with van der Waals surface area (Å²) < 4.78 is 7.60. The Hall–Kier alpha value is -1.13. The quantitative estimate of drug-likeness (QED) is 0.784. The fourth-order valence-corrected chi connectivity index (χ4v) is 2.69. The Bertz CT molecular complexity index is 561. The van der Waals surface area contributed by atoms with Gasteiger partial charge in [0.2, 0.25) is 5.28 Å². The van der Waals surface area contributed by atoms with Crippen LogP contribution in [-0.4, -0.2) is 27.7 Å². The molecule has 2 aromatic rings. The monoisotopic (exact) mass is 265 g/mol. The molecule has 0 saturated carbocycles. The Balaban J connectivity index is 1.93. The van der Waals surface area contributed by atoms with Gasteiger partial charge >= 0.3 is 0 Å². The van der Waals surface area contributed by atoms with Crippen molar-refractivity contribution in [2.24, 2.45) is 5.92 Å². The highest BCUT2D eigenvalue weighted by atomic mass is 35.5. The van der Waals surface area contributed by atoms with Crippen LogP contribution in [0.3, 0.4) is 0 Å². The van der Waals surface area contributed by atoms with Gasteiger partial charge in [0.05, 0.1) is 0 Å². The van der Waals surface area contributed by atoms with Crippen molar-refractivity contribution >= 4 is 22.6 Å². The van der Waals surface area contributed by atoms with Crippen molar-refractivity contribution in [3.8, 4) is 0 Å². The largest absolute Gasteiger partial charge is 0.381 e. The lowest BCUT2D eigenvalue weighted by Crippen LogP contribution is -2.20. The van der Waals surface area contributed by atoms with E-state index in [1.165, 1.54) is 5.56 Å². The van der Waals surface area contributed by atoms with Crippen molar-refractivity contribution in [1.82, 2.24) is 14.5 Å². The van der Waals surface area contributed by atoms with Crippen molar-refractivity contribution < 1.29 is 4.74 Å². The van der Waals surface area contributed by atoms with E-state index in [1.54, 1.807) is 6.20 Å². The Morgan fingerprint density at radius 1 is 1.44 bits per heavy atom. The minimum atomic E-state index is 0.314. The van der Waals surface area contributed by atoms with E-state index in [0.717, 1.165) is 43.6 Å². The molecule has 3 heterocycles. The van der Waals surface area contributed by atoms with Crippen LogP contribution in [-0.2, 0) is 11.3 Å². The highest BCUT2D eigenvalue weighted by Crippen LogP contribution is 2.23. The van der Waals surface area contributed by atoms with Crippen LogP contribution >= 0.6 is 11.6 Å². The van der Waals surface area contributed by atoms with Gasteiger partial charge < -0.3 is 9.30 Å². The van der Waals surface area contributed by atoms with Crippen LogP contribution in [0.15, 0.2) is 12.4 Å². The fraction of sp³-hybridized carbons (Fsp3) is 0.538. The summed E-state index contributed by atoms with van der Waals surface area (Å²) >= 11 is 5.89. The average Bonchev–Trinajstić information content (AvgIpc) is 2.67. The first-order valence-electron chi connectivity index (χ1n) is 6.30. The lowest BCUT2D eigenvalue weighted by molar-refractivity contribution is 0.0616. The Kier molecular flexibility index (Phi) is 3.22. The van der Waals surface area contributed by atoms with E-state index in [0.29, 0.717) is 11.2 Å². The molecule has 18 heavy (non-hydrogen) atoms. The zero-order valence-corrected chi connectivity index (χ0v) is 11.2. The third kappa shape index (κ3) is 2.22. The molecule has 1 saturated heterocycles. The number of halogens is 1. The maximum Gasteiger partial charge on any atom is 0.224 e. The average molecular weight is 266 g/mol. The van der Waals surface area contributed by atoms with Crippen LogP contribution in [0.2, 0.25) is 5.28 Å². The summed E-state index contributed by atoms with van der Waals surface area (Å²) in [4.78, 5) is 8.40. The van der Waals surface area contributed by atoms with Crippen molar-refractivity contribution in [3.63, 3.8) is 0 Å². The molecule has 1 aliphatic rings. The van der Waals surface area contributed by atoms with Crippen LogP contribution in [0.25, 0.3) is 11.0 Å². The zero-order valence-electron chi connectivity index (χ0n) is 10.4. The van der Waals surface area contributed by atoms with Crippen molar-refractivity contribution in [2.45, 2.75) is 26.3 Å². The van der Waals surface area contributed by atoms with E-state index in [4.69, 9.17) is 16.3 Å². The molecule has 1 fully saturated rings. The number of hydrogen-bond donors (Lipinski definition) is 0. The van der Waals surface area contributed by atoms with Crippen LogP contribution in [0.4, 0.5) is 0 Å². The first-order chi connectivity index (χ1) is 8.74. The number of fused-ring (bicyclic) bond motifs is 1. The molecule has 0 spiro atoms. The molecule has 2 aromatic heterocycles. The van der Waals surface area contributed by atoms with Crippen molar-refractivity contribution in [1.29, 1.82) is 0 Å². The minimum absolute atomic E-state index is 0.314. The molecule has 0 bridgehead atoms. The second-order valence-electron chi connectivity index (χ2n) is 4.90. The number of aromatic nitrogens is 3. The SMILES string of the molecule is Cc1cn(CC2CCOCC2)c2nc(Cl)ncc12. The Morgan fingerprint density at radius 2 is 2.22 bits per heavy atom. The Morgan fingerprint density at radius 3 is 3.00 bits per heavy atom. The lowest BCUT2D eigenvalue weighted by Gasteiger charge is -2.22. The highest BCUT2D eigenvalue weighted by Gasteiger charge is 2.16. The Labute approximate surface area is 111 Å². The van der Waals surface area contributed by atoms with E-state index in [1.807, 2.05) is 0 Å². The van der Waals surface area contributed by atoms with Gasteiger partial charge in [0.15, 0.2) is 0 Å². The van der Waals surface area contributed by atoms with E-state index >= 15 is 0 Å². The number of nitrogens with zero attached hydrogens (tertiary/aromatic N) is 3. The van der Waals surface area contributed by atoms with Gasteiger partial charge in [0.25, 0.3) is 0 Å². The molecular formula is C13H16ClN3O. The molecule has 0 radical (unpaired) electrons. The van der Waals surface area contributed by atoms with Crippen LogP contribution < -0.4 is 0 Å². The predicted octanol–water partition coefficient (Wildman–Crippen LogP) is 2.82. The van der Waals surface area contributed by atoms with Gasteiger partial charge in [0.1, 0.15) is 5.65 Å². The summed E-state index contributed by atoms with van der Waals surface area (Å²) in [5, 5.41) is 1.40. The maximum atomic E-state index is 5.89. The topological polar surface area (TPSA) is 39.9 Å². The number of rotatable bonds is 2.